The fourth-order valence-electron chi connectivity index (χ4n) is 2.56. The van der Waals surface area contributed by atoms with Gasteiger partial charge in [-0.2, -0.15) is 13.2 Å². The summed E-state index contributed by atoms with van der Waals surface area (Å²) in [5.41, 5.74) is 6.76. The molecular weight excluding hydrogens is 272 g/mol. The predicted octanol–water partition coefficient (Wildman–Crippen LogP) is 3.06. The molecule has 2 rings (SSSR count). The molecule has 0 atom stereocenters. The number of halogens is 4. The van der Waals surface area contributed by atoms with Gasteiger partial charge >= 0.3 is 6.18 Å². The number of rotatable bonds is 3. The molecule has 1 aromatic carbocycles. The third-order valence-electron chi connectivity index (χ3n) is 3.79. The van der Waals surface area contributed by atoms with Crippen molar-refractivity contribution in [1.82, 2.24) is 4.90 Å². The minimum Gasteiger partial charge on any atom is -0.326 e. The van der Waals surface area contributed by atoms with Gasteiger partial charge in [0.1, 0.15) is 5.82 Å². The van der Waals surface area contributed by atoms with Gasteiger partial charge in [0.2, 0.25) is 0 Å². The van der Waals surface area contributed by atoms with Crippen LogP contribution in [0.4, 0.5) is 17.6 Å². The topological polar surface area (TPSA) is 29.3 Å². The van der Waals surface area contributed by atoms with Gasteiger partial charge in [-0.3, -0.25) is 4.90 Å². The molecule has 20 heavy (non-hydrogen) atoms. The molecule has 112 valence electrons. The average Bonchev–Trinajstić information content (AvgIpc) is 2.40. The Bertz CT molecular complexity index is 451. The summed E-state index contributed by atoms with van der Waals surface area (Å²) in [5.74, 6) is -1.53. The smallest absolute Gasteiger partial charge is 0.326 e. The number of piperidine rings is 1. The standard InChI is InChI=1S/C14H18F4N2/c15-13-2-1-10(7-11(13)8-19)9-20-5-3-12(4-6-20)14(16,17)18/h1-2,7,12H,3-6,8-9,19H2. The van der Waals surface area contributed by atoms with Crippen LogP contribution in [0.5, 0.6) is 0 Å². The second-order valence-corrected chi connectivity index (χ2v) is 5.22. The molecule has 0 unspecified atom stereocenters. The van der Waals surface area contributed by atoms with Crippen molar-refractivity contribution in [3.8, 4) is 0 Å². The Kier molecular flexibility index (Phi) is 4.65. The molecular formula is C14H18F4N2. The third-order valence-corrected chi connectivity index (χ3v) is 3.79. The van der Waals surface area contributed by atoms with E-state index in [1.165, 1.54) is 6.07 Å². The van der Waals surface area contributed by atoms with E-state index in [0.29, 0.717) is 25.2 Å². The highest BCUT2D eigenvalue weighted by atomic mass is 19.4. The van der Waals surface area contributed by atoms with Crippen LogP contribution in [-0.4, -0.2) is 24.2 Å². The summed E-state index contributed by atoms with van der Waals surface area (Å²) < 4.78 is 51.0. The number of hydrogen-bond acceptors (Lipinski definition) is 2. The molecule has 0 spiro atoms. The predicted molar refractivity (Wildman–Crippen MR) is 68.3 cm³/mol. The van der Waals surface area contributed by atoms with E-state index in [0.717, 1.165) is 5.56 Å². The minimum absolute atomic E-state index is 0.121. The minimum atomic E-state index is -4.09. The lowest BCUT2D eigenvalue weighted by atomic mass is 9.96. The lowest BCUT2D eigenvalue weighted by Crippen LogP contribution is -2.38. The Balaban J connectivity index is 1.93. The van der Waals surface area contributed by atoms with Gasteiger partial charge in [-0.15, -0.1) is 0 Å². The van der Waals surface area contributed by atoms with Gasteiger partial charge in [0.05, 0.1) is 5.92 Å². The zero-order valence-electron chi connectivity index (χ0n) is 11.1. The zero-order valence-corrected chi connectivity index (χ0v) is 11.1. The molecule has 0 radical (unpaired) electrons. The van der Waals surface area contributed by atoms with Crippen LogP contribution in [0.1, 0.15) is 24.0 Å². The number of benzene rings is 1. The van der Waals surface area contributed by atoms with E-state index in [2.05, 4.69) is 0 Å². The van der Waals surface area contributed by atoms with Crippen molar-refractivity contribution in [3.05, 3.63) is 35.1 Å². The maximum absolute atomic E-state index is 13.3. The Morgan fingerprint density at radius 2 is 1.85 bits per heavy atom. The van der Waals surface area contributed by atoms with Gasteiger partial charge in [-0.25, -0.2) is 4.39 Å². The van der Waals surface area contributed by atoms with E-state index in [-0.39, 0.29) is 25.2 Å². The molecule has 0 amide bonds. The Morgan fingerprint density at radius 3 is 2.40 bits per heavy atom. The maximum atomic E-state index is 13.3. The van der Waals surface area contributed by atoms with Crippen LogP contribution in [-0.2, 0) is 13.1 Å². The Morgan fingerprint density at radius 1 is 1.20 bits per heavy atom. The molecule has 6 heteroatoms. The highest BCUT2D eigenvalue weighted by Crippen LogP contribution is 2.34. The molecule has 1 aliphatic rings. The SMILES string of the molecule is NCc1cc(CN2CCC(C(F)(F)F)CC2)ccc1F. The number of alkyl halides is 3. The molecule has 1 aromatic rings. The molecule has 1 fully saturated rings. The molecule has 1 heterocycles. The van der Waals surface area contributed by atoms with Crippen molar-refractivity contribution < 1.29 is 17.6 Å². The molecule has 1 aliphatic heterocycles. The number of nitrogens with two attached hydrogens (primary N) is 1. The molecule has 1 saturated heterocycles. The first-order valence-corrected chi connectivity index (χ1v) is 6.66. The second kappa shape index (κ2) is 6.10. The lowest BCUT2D eigenvalue weighted by Gasteiger charge is -2.32. The average molecular weight is 290 g/mol. The first kappa shape index (κ1) is 15.3. The normalized spacial score (nSPS) is 18.4. The number of nitrogens with zero attached hydrogens (tertiary/aromatic N) is 1. The molecule has 0 bridgehead atoms. The van der Waals surface area contributed by atoms with Gasteiger partial charge in [0, 0.05) is 18.7 Å². The first-order chi connectivity index (χ1) is 9.40. The molecule has 0 saturated carbocycles. The highest BCUT2D eigenvalue weighted by molar-refractivity contribution is 5.25. The van der Waals surface area contributed by atoms with Crippen LogP contribution in [0.3, 0.4) is 0 Å². The second-order valence-electron chi connectivity index (χ2n) is 5.22. The van der Waals surface area contributed by atoms with E-state index in [1.807, 2.05) is 4.90 Å². The number of likely N-dealkylation sites (tertiary alicyclic amines) is 1. The van der Waals surface area contributed by atoms with E-state index in [9.17, 15) is 17.6 Å². The summed E-state index contributed by atoms with van der Waals surface area (Å²) >= 11 is 0. The van der Waals surface area contributed by atoms with Crippen molar-refractivity contribution in [1.29, 1.82) is 0 Å². The summed E-state index contributed by atoms with van der Waals surface area (Å²) in [5, 5.41) is 0. The van der Waals surface area contributed by atoms with Crippen molar-refractivity contribution in [2.45, 2.75) is 32.1 Å². The fraction of sp³-hybridized carbons (Fsp3) is 0.571. The van der Waals surface area contributed by atoms with Crippen molar-refractivity contribution in [3.63, 3.8) is 0 Å². The van der Waals surface area contributed by atoms with Crippen LogP contribution < -0.4 is 5.73 Å². The van der Waals surface area contributed by atoms with Gasteiger partial charge in [0.25, 0.3) is 0 Å². The summed E-state index contributed by atoms with van der Waals surface area (Å²) in [6, 6.07) is 4.70. The van der Waals surface area contributed by atoms with Crippen LogP contribution in [0, 0.1) is 11.7 Å². The fourth-order valence-corrected chi connectivity index (χ4v) is 2.56. The summed E-state index contributed by atoms with van der Waals surface area (Å²) in [6.45, 7) is 1.49. The van der Waals surface area contributed by atoms with Gasteiger partial charge in [-0.1, -0.05) is 12.1 Å². The van der Waals surface area contributed by atoms with Crippen LogP contribution >= 0.6 is 0 Å². The molecule has 0 aliphatic carbocycles. The van der Waals surface area contributed by atoms with Crippen molar-refractivity contribution in [2.75, 3.05) is 13.1 Å². The molecule has 2 N–H and O–H groups in total. The van der Waals surface area contributed by atoms with Crippen molar-refractivity contribution in [2.24, 2.45) is 11.7 Å². The van der Waals surface area contributed by atoms with E-state index >= 15 is 0 Å². The Hall–Kier alpha value is -1.14. The number of hydrogen-bond donors (Lipinski definition) is 1. The first-order valence-electron chi connectivity index (χ1n) is 6.66. The summed E-state index contributed by atoms with van der Waals surface area (Å²) in [7, 11) is 0. The van der Waals surface area contributed by atoms with Gasteiger partial charge in [0.15, 0.2) is 0 Å². The van der Waals surface area contributed by atoms with E-state index in [4.69, 9.17) is 5.73 Å². The quantitative estimate of drug-likeness (QED) is 0.867. The summed E-state index contributed by atoms with van der Waals surface area (Å²) in [4.78, 5) is 1.97. The van der Waals surface area contributed by atoms with Gasteiger partial charge < -0.3 is 5.73 Å². The monoisotopic (exact) mass is 290 g/mol. The lowest BCUT2D eigenvalue weighted by molar-refractivity contribution is -0.185. The van der Waals surface area contributed by atoms with Crippen molar-refractivity contribution >= 4 is 0 Å². The van der Waals surface area contributed by atoms with Gasteiger partial charge in [-0.05, 0) is 37.6 Å². The maximum Gasteiger partial charge on any atom is 0.391 e. The Labute approximate surface area is 115 Å². The van der Waals surface area contributed by atoms with E-state index < -0.39 is 12.1 Å². The van der Waals surface area contributed by atoms with Crippen LogP contribution in [0.15, 0.2) is 18.2 Å². The highest BCUT2D eigenvalue weighted by Gasteiger charge is 2.40. The summed E-state index contributed by atoms with van der Waals surface area (Å²) in [6.07, 6.45) is -3.82. The third kappa shape index (κ3) is 3.70. The molecule has 2 nitrogen and oxygen atoms in total. The molecule has 0 aromatic heterocycles. The van der Waals surface area contributed by atoms with E-state index in [1.54, 1.807) is 12.1 Å². The largest absolute Gasteiger partial charge is 0.391 e. The van der Waals surface area contributed by atoms with Crippen LogP contribution in [0.25, 0.3) is 0 Å². The van der Waals surface area contributed by atoms with Crippen LogP contribution in [0.2, 0.25) is 0 Å². The zero-order chi connectivity index (χ0) is 14.8.